The van der Waals surface area contributed by atoms with Gasteiger partial charge in [-0.15, -0.1) is 11.3 Å². The van der Waals surface area contributed by atoms with E-state index < -0.39 is 0 Å². The van der Waals surface area contributed by atoms with Crippen molar-refractivity contribution in [2.24, 2.45) is 5.73 Å². The van der Waals surface area contributed by atoms with Crippen molar-refractivity contribution in [2.45, 2.75) is 12.8 Å². The van der Waals surface area contributed by atoms with E-state index in [4.69, 9.17) is 5.73 Å². The van der Waals surface area contributed by atoms with Gasteiger partial charge in [0.1, 0.15) is 0 Å². The van der Waals surface area contributed by atoms with E-state index in [0.29, 0.717) is 0 Å². The van der Waals surface area contributed by atoms with Crippen molar-refractivity contribution in [3.63, 3.8) is 0 Å². The molecule has 0 spiro atoms. The molecule has 3 nitrogen and oxygen atoms in total. The Morgan fingerprint density at radius 3 is 3.09 bits per heavy atom. The van der Waals surface area contributed by atoms with Crippen molar-refractivity contribution in [2.75, 3.05) is 18.4 Å². The topological polar surface area (TPSA) is 50.9 Å². The molecule has 0 aliphatic rings. The molecule has 0 bridgehead atoms. The molecule has 0 aliphatic heterocycles. The van der Waals surface area contributed by atoms with E-state index in [-0.39, 0.29) is 0 Å². The third-order valence-electron chi connectivity index (χ3n) is 1.34. The molecule has 1 heterocycles. The van der Waals surface area contributed by atoms with Crippen LogP contribution in [-0.2, 0) is 0 Å². The molecule has 0 atom stereocenters. The van der Waals surface area contributed by atoms with Crippen LogP contribution in [-0.4, -0.2) is 18.1 Å². The largest absolute Gasteiger partial charge is 0.362 e. The van der Waals surface area contributed by atoms with Crippen LogP contribution in [0.5, 0.6) is 0 Å². The van der Waals surface area contributed by atoms with Crippen LogP contribution in [0.25, 0.3) is 0 Å². The predicted octanol–water partition coefficient (Wildman–Crippen LogP) is 1.29. The average Bonchev–Trinajstić information content (AvgIpc) is 2.50. The van der Waals surface area contributed by atoms with Gasteiger partial charge in [-0.3, -0.25) is 0 Å². The number of anilines is 1. The van der Waals surface area contributed by atoms with Crippen LogP contribution < -0.4 is 11.1 Å². The van der Waals surface area contributed by atoms with Crippen LogP contribution in [0.1, 0.15) is 12.8 Å². The van der Waals surface area contributed by atoms with E-state index >= 15 is 0 Å². The minimum absolute atomic E-state index is 0.777. The lowest BCUT2D eigenvalue weighted by Crippen LogP contribution is -2.05. The molecule has 11 heavy (non-hydrogen) atoms. The number of aromatic nitrogens is 1. The Morgan fingerprint density at radius 2 is 2.45 bits per heavy atom. The Hall–Kier alpha value is -0.610. The number of hydrogen-bond donors (Lipinski definition) is 2. The Bertz CT molecular complexity index is 174. The standard InChI is InChI=1S/C7H13N3S/c8-3-1-2-4-9-7-10-5-6-11-7/h5-6H,1-4,8H2,(H,9,10). The molecule has 1 aromatic heterocycles. The van der Waals surface area contributed by atoms with E-state index in [1.54, 1.807) is 17.5 Å². The zero-order valence-corrected chi connectivity index (χ0v) is 7.23. The van der Waals surface area contributed by atoms with Crippen molar-refractivity contribution in [1.82, 2.24) is 4.98 Å². The highest BCUT2D eigenvalue weighted by molar-refractivity contribution is 7.13. The Kier molecular flexibility index (Phi) is 3.93. The Labute approximate surface area is 70.6 Å². The van der Waals surface area contributed by atoms with Gasteiger partial charge in [0.25, 0.3) is 0 Å². The molecule has 4 heteroatoms. The molecule has 0 fully saturated rings. The second-order valence-corrected chi connectivity index (χ2v) is 3.15. The second-order valence-electron chi connectivity index (χ2n) is 2.26. The van der Waals surface area contributed by atoms with Gasteiger partial charge in [-0.05, 0) is 19.4 Å². The molecule has 0 aliphatic carbocycles. The summed E-state index contributed by atoms with van der Waals surface area (Å²) >= 11 is 1.63. The van der Waals surface area contributed by atoms with Gasteiger partial charge < -0.3 is 11.1 Å². The SMILES string of the molecule is NCCCCNc1nccs1. The molecule has 0 radical (unpaired) electrons. The number of unbranched alkanes of at least 4 members (excludes halogenated alkanes) is 1. The Balaban J connectivity index is 2.04. The number of hydrogen-bond acceptors (Lipinski definition) is 4. The van der Waals surface area contributed by atoms with Crippen LogP contribution in [0.15, 0.2) is 11.6 Å². The van der Waals surface area contributed by atoms with Gasteiger partial charge in [0.15, 0.2) is 5.13 Å². The van der Waals surface area contributed by atoms with E-state index in [1.807, 2.05) is 5.38 Å². The van der Waals surface area contributed by atoms with E-state index in [2.05, 4.69) is 10.3 Å². The number of nitrogens with one attached hydrogen (secondary N) is 1. The zero-order valence-electron chi connectivity index (χ0n) is 6.42. The minimum Gasteiger partial charge on any atom is -0.362 e. The van der Waals surface area contributed by atoms with Gasteiger partial charge in [-0.2, -0.15) is 0 Å². The molecular weight excluding hydrogens is 158 g/mol. The monoisotopic (exact) mass is 171 g/mol. The fraction of sp³-hybridized carbons (Fsp3) is 0.571. The fourth-order valence-electron chi connectivity index (χ4n) is 0.775. The molecule has 0 saturated heterocycles. The summed E-state index contributed by atoms with van der Waals surface area (Å²) in [5.41, 5.74) is 5.35. The first-order chi connectivity index (χ1) is 5.43. The lowest BCUT2D eigenvalue weighted by Gasteiger charge is -1.99. The Morgan fingerprint density at radius 1 is 1.55 bits per heavy atom. The molecular formula is C7H13N3S. The molecule has 3 N–H and O–H groups in total. The summed E-state index contributed by atoms with van der Waals surface area (Å²) in [4.78, 5) is 4.09. The summed E-state index contributed by atoms with van der Waals surface area (Å²) in [5, 5.41) is 6.18. The summed E-state index contributed by atoms with van der Waals surface area (Å²) in [5.74, 6) is 0. The van der Waals surface area contributed by atoms with Gasteiger partial charge in [0, 0.05) is 18.1 Å². The third-order valence-corrected chi connectivity index (χ3v) is 2.07. The van der Waals surface area contributed by atoms with Crippen LogP contribution in [0.2, 0.25) is 0 Å². The molecule has 0 aromatic carbocycles. The highest BCUT2D eigenvalue weighted by atomic mass is 32.1. The molecule has 0 saturated carbocycles. The normalized spacial score (nSPS) is 9.91. The van der Waals surface area contributed by atoms with Crippen molar-refractivity contribution in [3.8, 4) is 0 Å². The second kappa shape index (κ2) is 5.09. The first-order valence-corrected chi connectivity index (χ1v) is 4.65. The number of rotatable bonds is 5. The molecule has 0 amide bonds. The van der Waals surface area contributed by atoms with E-state index in [9.17, 15) is 0 Å². The van der Waals surface area contributed by atoms with Crippen LogP contribution in [0.4, 0.5) is 5.13 Å². The number of thiazole rings is 1. The maximum atomic E-state index is 5.35. The van der Waals surface area contributed by atoms with Gasteiger partial charge in [0.2, 0.25) is 0 Å². The summed E-state index contributed by atoms with van der Waals surface area (Å²) in [6.45, 7) is 1.75. The minimum atomic E-state index is 0.777. The molecule has 0 unspecified atom stereocenters. The predicted molar refractivity (Wildman–Crippen MR) is 48.9 cm³/mol. The molecule has 62 valence electrons. The van der Waals surface area contributed by atoms with Gasteiger partial charge in [0.05, 0.1) is 0 Å². The van der Waals surface area contributed by atoms with E-state index in [0.717, 1.165) is 31.1 Å². The average molecular weight is 171 g/mol. The van der Waals surface area contributed by atoms with Crippen molar-refractivity contribution in [3.05, 3.63) is 11.6 Å². The maximum Gasteiger partial charge on any atom is 0.182 e. The van der Waals surface area contributed by atoms with Crippen LogP contribution in [0, 0.1) is 0 Å². The summed E-state index contributed by atoms with van der Waals surface area (Å²) in [6, 6.07) is 0. The number of nitrogens with zero attached hydrogens (tertiary/aromatic N) is 1. The van der Waals surface area contributed by atoms with Crippen LogP contribution in [0.3, 0.4) is 0 Å². The summed E-state index contributed by atoms with van der Waals surface area (Å²) < 4.78 is 0. The molecule has 1 rings (SSSR count). The van der Waals surface area contributed by atoms with Gasteiger partial charge in [-0.25, -0.2) is 4.98 Å². The first kappa shape index (κ1) is 8.49. The van der Waals surface area contributed by atoms with Crippen molar-refractivity contribution >= 4 is 16.5 Å². The van der Waals surface area contributed by atoms with Crippen molar-refractivity contribution in [1.29, 1.82) is 0 Å². The molecule has 1 aromatic rings. The summed E-state index contributed by atoms with van der Waals surface area (Å²) in [6.07, 6.45) is 4.00. The first-order valence-electron chi connectivity index (χ1n) is 3.77. The summed E-state index contributed by atoms with van der Waals surface area (Å²) in [7, 11) is 0. The van der Waals surface area contributed by atoms with Crippen LogP contribution >= 0.6 is 11.3 Å². The van der Waals surface area contributed by atoms with Gasteiger partial charge >= 0.3 is 0 Å². The number of nitrogens with two attached hydrogens (primary N) is 1. The van der Waals surface area contributed by atoms with Crippen molar-refractivity contribution < 1.29 is 0 Å². The lowest BCUT2D eigenvalue weighted by atomic mass is 10.3. The maximum absolute atomic E-state index is 5.35. The van der Waals surface area contributed by atoms with E-state index in [1.165, 1.54) is 0 Å². The zero-order chi connectivity index (χ0) is 7.94. The lowest BCUT2D eigenvalue weighted by molar-refractivity contribution is 0.774. The highest BCUT2D eigenvalue weighted by Crippen LogP contribution is 2.09. The third kappa shape index (κ3) is 3.34. The fourth-order valence-corrected chi connectivity index (χ4v) is 1.33. The highest BCUT2D eigenvalue weighted by Gasteiger charge is 1.91. The smallest absolute Gasteiger partial charge is 0.182 e. The quantitative estimate of drug-likeness (QED) is 0.656. The van der Waals surface area contributed by atoms with Gasteiger partial charge in [-0.1, -0.05) is 0 Å².